The second kappa shape index (κ2) is 7.00. The van der Waals surface area contributed by atoms with E-state index in [1.54, 1.807) is 11.8 Å². The van der Waals surface area contributed by atoms with Gasteiger partial charge in [0.15, 0.2) is 0 Å². The normalized spacial score (nSPS) is 10.2. The molecular weight excluding hydrogens is 256 g/mol. The molecule has 98 valence electrons. The monoisotopic (exact) mass is 272 g/mol. The molecule has 0 fully saturated rings. The van der Waals surface area contributed by atoms with Crippen LogP contribution in [-0.4, -0.2) is 12.6 Å². The molecule has 0 radical (unpaired) electrons. The van der Waals surface area contributed by atoms with Crippen molar-refractivity contribution in [2.45, 2.75) is 17.6 Å². The molecule has 2 aromatic rings. The van der Waals surface area contributed by atoms with Crippen molar-refractivity contribution in [3.05, 3.63) is 65.7 Å². The zero-order valence-corrected chi connectivity index (χ0v) is 11.7. The Hall–Kier alpha value is -1.74. The van der Waals surface area contributed by atoms with E-state index in [1.807, 2.05) is 49.4 Å². The maximum absolute atomic E-state index is 11.5. The topological polar surface area (TPSA) is 26.3 Å². The first-order chi connectivity index (χ1) is 9.29. The van der Waals surface area contributed by atoms with Crippen molar-refractivity contribution in [3.63, 3.8) is 0 Å². The Morgan fingerprint density at radius 1 is 1.05 bits per heavy atom. The molecule has 2 aromatic carbocycles. The van der Waals surface area contributed by atoms with Crippen molar-refractivity contribution in [2.75, 3.05) is 6.61 Å². The van der Waals surface area contributed by atoms with Gasteiger partial charge in [-0.1, -0.05) is 30.3 Å². The number of hydrogen-bond acceptors (Lipinski definition) is 3. The van der Waals surface area contributed by atoms with E-state index < -0.39 is 0 Å². The summed E-state index contributed by atoms with van der Waals surface area (Å²) in [6.45, 7) is 2.21. The van der Waals surface area contributed by atoms with Crippen molar-refractivity contribution in [3.8, 4) is 0 Å². The zero-order valence-electron chi connectivity index (χ0n) is 10.8. The maximum atomic E-state index is 11.5. The number of hydrogen-bond donors (Lipinski definition) is 0. The fraction of sp³-hybridized carbons (Fsp3) is 0.188. The number of carbonyl (C=O) groups excluding carboxylic acids is 1. The molecule has 0 spiro atoms. The predicted octanol–water partition coefficient (Wildman–Crippen LogP) is 4.16. The van der Waals surface area contributed by atoms with E-state index in [9.17, 15) is 4.79 Å². The zero-order chi connectivity index (χ0) is 13.5. The van der Waals surface area contributed by atoms with Crippen LogP contribution >= 0.6 is 11.8 Å². The summed E-state index contributed by atoms with van der Waals surface area (Å²) in [4.78, 5) is 12.7. The van der Waals surface area contributed by atoms with Crippen LogP contribution in [0.25, 0.3) is 0 Å². The van der Waals surface area contributed by atoms with Gasteiger partial charge in [0.2, 0.25) is 0 Å². The van der Waals surface area contributed by atoms with Crippen molar-refractivity contribution in [2.24, 2.45) is 0 Å². The van der Waals surface area contributed by atoms with Gasteiger partial charge in [-0.2, -0.15) is 0 Å². The third-order valence-corrected chi connectivity index (χ3v) is 3.70. The summed E-state index contributed by atoms with van der Waals surface area (Å²) in [5.41, 5.74) is 1.90. The van der Waals surface area contributed by atoms with Crippen LogP contribution in [0.5, 0.6) is 0 Å². The lowest BCUT2D eigenvalue weighted by Gasteiger charge is -2.04. The van der Waals surface area contributed by atoms with Crippen LogP contribution in [0.3, 0.4) is 0 Å². The number of benzene rings is 2. The minimum atomic E-state index is -0.262. The largest absolute Gasteiger partial charge is 0.462 e. The Balaban J connectivity index is 1.94. The summed E-state index contributed by atoms with van der Waals surface area (Å²) >= 11 is 1.76. The van der Waals surface area contributed by atoms with Crippen LogP contribution in [0.1, 0.15) is 22.8 Å². The minimum Gasteiger partial charge on any atom is -0.462 e. The van der Waals surface area contributed by atoms with Crippen LogP contribution in [0.2, 0.25) is 0 Å². The van der Waals surface area contributed by atoms with E-state index >= 15 is 0 Å². The van der Waals surface area contributed by atoms with E-state index in [2.05, 4.69) is 12.1 Å². The number of thioether (sulfide) groups is 1. The van der Waals surface area contributed by atoms with Gasteiger partial charge in [-0.25, -0.2) is 4.79 Å². The molecule has 0 aliphatic heterocycles. The second-order valence-corrected chi connectivity index (χ2v) is 5.07. The van der Waals surface area contributed by atoms with Crippen molar-refractivity contribution in [1.29, 1.82) is 0 Å². The molecule has 0 atom stereocenters. The van der Waals surface area contributed by atoms with Crippen molar-refractivity contribution < 1.29 is 9.53 Å². The lowest BCUT2D eigenvalue weighted by atomic mass is 10.2. The van der Waals surface area contributed by atoms with E-state index in [0.717, 1.165) is 10.6 Å². The van der Waals surface area contributed by atoms with Crippen LogP contribution in [-0.2, 0) is 10.5 Å². The molecule has 3 heteroatoms. The van der Waals surface area contributed by atoms with Gasteiger partial charge < -0.3 is 4.74 Å². The summed E-state index contributed by atoms with van der Waals surface area (Å²) < 4.78 is 4.95. The van der Waals surface area contributed by atoms with Crippen molar-refractivity contribution >= 4 is 17.7 Å². The lowest BCUT2D eigenvalue weighted by molar-refractivity contribution is 0.0526. The fourth-order valence-corrected chi connectivity index (χ4v) is 2.50. The number of rotatable bonds is 5. The number of esters is 1. The van der Waals surface area contributed by atoms with Gasteiger partial charge in [0.25, 0.3) is 0 Å². The molecule has 0 unspecified atom stereocenters. The molecule has 0 saturated carbocycles. The molecule has 0 aromatic heterocycles. The Morgan fingerprint density at radius 2 is 1.74 bits per heavy atom. The van der Waals surface area contributed by atoms with E-state index in [4.69, 9.17) is 4.74 Å². The summed E-state index contributed by atoms with van der Waals surface area (Å²) in [5.74, 6) is 0.668. The third-order valence-electron chi connectivity index (χ3n) is 2.61. The molecule has 0 bridgehead atoms. The van der Waals surface area contributed by atoms with Gasteiger partial charge in [0.05, 0.1) is 12.2 Å². The molecule has 0 amide bonds. The average molecular weight is 272 g/mol. The van der Waals surface area contributed by atoms with Gasteiger partial charge in [-0.05, 0) is 36.8 Å². The standard InChI is InChI=1S/C16H16O2S/c1-2-18-16(17)14-8-10-15(11-9-14)19-12-13-6-4-3-5-7-13/h3-11H,2,12H2,1H3. The quantitative estimate of drug-likeness (QED) is 0.604. The molecule has 0 aliphatic rings. The van der Waals surface area contributed by atoms with Crippen LogP contribution in [0.4, 0.5) is 0 Å². The highest BCUT2D eigenvalue weighted by Crippen LogP contribution is 2.23. The Kier molecular flexibility index (Phi) is 5.04. The lowest BCUT2D eigenvalue weighted by Crippen LogP contribution is -2.03. The molecule has 2 rings (SSSR count). The maximum Gasteiger partial charge on any atom is 0.338 e. The molecule has 2 nitrogen and oxygen atoms in total. The highest BCUT2D eigenvalue weighted by molar-refractivity contribution is 7.98. The predicted molar refractivity (Wildman–Crippen MR) is 78.4 cm³/mol. The van der Waals surface area contributed by atoms with Crippen LogP contribution in [0.15, 0.2) is 59.5 Å². The summed E-state index contributed by atoms with van der Waals surface area (Å²) in [6.07, 6.45) is 0. The summed E-state index contributed by atoms with van der Waals surface area (Å²) in [5, 5.41) is 0. The minimum absolute atomic E-state index is 0.262. The summed E-state index contributed by atoms with van der Waals surface area (Å²) in [6, 6.07) is 17.9. The number of carbonyl (C=O) groups is 1. The molecule has 0 saturated heterocycles. The highest BCUT2D eigenvalue weighted by atomic mass is 32.2. The molecule has 0 heterocycles. The Labute approximate surface area is 117 Å². The SMILES string of the molecule is CCOC(=O)c1ccc(SCc2ccccc2)cc1. The van der Waals surface area contributed by atoms with Gasteiger partial charge in [0.1, 0.15) is 0 Å². The number of ether oxygens (including phenoxy) is 1. The molecule has 0 aliphatic carbocycles. The Bertz CT molecular complexity index is 520. The van der Waals surface area contributed by atoms with Crippen LogP contribution < -0.4 is 0 Å². The van der Waals surface area contributed by atoms with Crippen LogP contribution in [0, 0.1) is 0 Å². The third kappa shape index (κ3) is 4.14. The van der Waals surface area contributed by atoms with E-state index in [1.165, 1.54) is 5.56 Å². The second-order valence-electron chi connectivity index (χ2n) is 4.02. The Morgan fingerprint density at radius 3 is 2.37 bits per heavy atom. The first-order valence-electron chi connectivity index (χ1n) is 6.23. The fourth-order valence-electron chi connectivity index (χ4n) is 1.64. The van der Waals surface area contributed by atoms with Gasteiger partial charge in [-0.15, -0.1) is 11.8 Å². The first kappa shape index (κ1) is 13.7. The van der Waals surface area contributed by atoms with Crippen molar-refractivity contribution in [1.82, 2.24) is 0 Å². The van der Waals surface area contributed by atoms with Gasteiger partial charge >= 0.3 is 5.97 Å². The van der Waals surface area contributed by atoms with Gasteiger partial charge in [-0.3, -0.25) is 0 Å². The molecular formula is C16H16O2S. The average Bonchev–Trinajstić information content (AvgIpc) is 2.47. The van der Waals surface area contributed by atoms with E-state index in [0.29, 0.717) is 12.2 Å². The van der Waals surface area contributed by atoms with E-state index in [-0.39, 0.29) is 5.97 Å². The highest BCUT2D eigenvalue weighted by Gasteiger charge is 2.05. The smallest absolute Gasteiger partial charge is 0.338 e. The van der Waals surface area contributed by atoms with Gasteiger partial charge in [0, 0.05) is 10.6 Å². The summed E-state index contributed by atoms with van der Waals surface area (Å²) in [7, 11) is 0. The molecule has 19 heavy (non-hydrogen) atoms. The first-order valence-corrected chi connectivity index (χ1v) is 7.22. The molecule has 0 N–H and O–H groups in total.